The molecule has 2 fully saturated rings. The molecule has 112 valence electrons. The Labute approximate surface area is 117 Å². The number of rotatable bonds is 2. The summed E-state index contributed by atoms with van der Waals surface area (Å²) in [5.74, 6) is 0.582. The summed E-state index contributed by atoms with van der Waals surface area (Å²) < 4.78 is 23.3. The molecule has 0 aromatic heterocycles. The molecule has 2 heterocycles. The van der Waals surface area contributed by atoms with Crippen LogP contribution in [0.25, 0.3) is 0 Å². The van der Waals surface area contributed by atoms with Crippen LogP contribution in [-0.2, 0) is 9.84 Å². The molecule has 2 atom stereocenters. The molecule has 0 aromatic carbocycles. The summed E-state index contributed by atoms with van der Waals surface area (Å²) in [7, 11) is -0.673. The fourth-order valence-electron chi connectivity index (χ4n) is 3.36. The summed E-state index contributed by atoms with van der Waals surface area (Å²) in [5, 5.41) is 0. The lowest BCUT2D eigenvalue weighted by Crippen LogP contribution is -2.66. The monoisotopic (exact) mass is 289 g/mol. The van der Waals surface area contributed by atoms with Gasteiger partial charge in [0.2, 0.25) is 0 Å². The number of hydrogen-bond acceptors (Lipinski definition) is 5. The predicted molar refractivity (Wildman–Crippen MR) is 77.9 cm³/mol. The lowest BCUT2D eigenvalue weighted by atomic mass is 9.88. The molecular formula is C13H27N3O2S. The third kappa shape index (κ3) is 2.96. The van der Waals surface area contributed by atoms with Crippen molar-refractivity contribution in [2.45, 2.75) is 44.3 Å². The van der Waals surface area contributed by atoms with Gasteiger partial charge < -0.3 is 5.73 Å². The van der Waals surface area contributed by atoms with Gasteiger partial charge in [-0.2, -0.15) is 0 Å². The van der Waals surface area contributed by atoms with Crippen LogP contribution in [0.1, 0.15) is 26.7 Å². The van der Waals surface area contributed by atoms with E-state index >= 15 is 0 Å². The molecule has 2 aliphatic heterocycles. The zero-order valence-electron chi connectivity index (χ0n) is 12.3. The molecule has 2 saturated heterocycles. The van der Waals surface area contributed by atoms with Crippen molar-refractivity contribution in [2.75, 3.05) is 38.2 Å². The van der Waals surface area contributed by atoms with Gasteiger partial charge in [0.15, 0.2) is 0 Å². The van der Waals surface area contributed by atoms with E-state index in [1.807, 2.05) is 0 Å². The van der Waals surface area contributed by atoms with Crippen LogP contribution in [0.15, 0.2) is 0 Å². The molecule has 6 heteroatoms. The van der Waals surface area contributed by atoms with Gasteiger partial charge in [-0.3, -0.25) is 9.80 Å². The van der Waals surface area contributed by atoms with Gasteiger partial charge in [0, 0.05) is 37.3 Å². The van der Waals surface area contributed by atoms with E-state index in [9.17, 15) is 8.42 Å². The second-order valence-corrected chi connectivity index (χ2v) is 8.65. The summed E-state index contributed by atoms with van der Waals surface area (Å²) in [6.07, 6.45) is 1.38. The number of hydrogen-bond donors (Lipinski definition) is 1. The predicted octanol–water partition coefficient (Wildman–Crippen LogP) is -0.0831. The molecule has 5 nitrogen and oxygen atoms in total. The Morgan fingerprint density at radius 1 is 1.16 bits per heavy atom. The van der Waals surface area contributed by atoms with E-state index in [0.29, 0.717) is 43.0 Å². The minimum absolute atomic E-state index is 0.102. The molecule has 0 radical (unpaired) electrons. The van der Waals surface area contributed by atoms with Gasteiger partial charge in [0.1, 0.15) is 9.84 Å². The maximum Gasteiger partial charge on any atom is 0.150 e. The first-order chi connectivity index (χ1) is 8.80. The molecule has 0 amide bonds. The van der Waals surface area contributed by atoms with Crippen molar-refractivity contribution in [1.29, 1.82) is 0 Å². The SMILES string of the molecule is CC1CN(C2(CN)CCS(=O)(=O)CC2)CC(C)N1C. The number of sulfone groups is 1. The van der Waals surface area contributed by atoms with Crippen molar-refractivity contribution in [3.63, 3.8) is 0 Å². The van der Waals surface area contributed by atoms with Crippen LogP contribution >= 0.6 is 0 Å². The van der Waals surface area contributed by atoms with Crippen molar-refractivity contribution in [1.82, 2.24) is 9.80 Å². The standard InChI is InChI=1S/C13H27N3O2S/c1-11-8-16(9-12(2)15(11)3)13(10-14)4-6-19(17,18)7-5-13/h11-12H,4-10,14H2,1-3H3. The third-order valence-electron chi connectivity index (χ3n) is 5.17. The largest absolute Gasteiger partial charge is 0.329 e. The molecule has 0 bridgehead atoms. The second-order valence-electron chi connectivity index (χ2n) is 6.35. The second kappa shape index (κ2) is 5.31. The van der Waals surface area contributed by atoms with Crippen molar-refractivity contribution < 1.29 is 8.42 Å². The van der Waals surface area contributed by atoms with Gasteiger partial charge in [-0.1, -0.05) is 0 Å². The Kier molecular flexibility index (Phi) is 4.26. The van der Waals surface area contributed by atoms with E-state index in [2.05, 4.69) is 30.7 Å². The molecule has 0 spiro atoms. The minimum Gasteiger partial charge on any atom is -0.329 e. The van der Waals surface area contributed by atoms with Crippen LogP contribution in [0.2, 0.25) is 0 Å². The van der Waals surface area contributed by atoms with Gasteiger partial charge in [-0.15, -0.1) is 0 Å². The maximum atomic E-state index is 11.7. The highest BCUT2D eigenvalue weighted by Crippen LogP contribution is 2.32. The quantitative estimate of drug-likeness (QED) is 0.770. The topological polar surface area (TPSA) is 66.6 Å². The molecule has 2 aliphatic rings. The molecule has 2 N–H and O–H groups in total. The van der Waals surface area contributed by atoms with Crippen molar-refractivity contribution in [3.05, 3.63) is 0 Å². The van der Waals surface area contributed by atoms with Crippen LogP contribution in [0.5, 0.6) is 0 Å². The molecule has 19 heavy (non-hydrogen) atoms. The Morgan fingerprint density at radius 2 is 1.63 bits per heavy atom. The van der Waals surface area contributed by atoms with Crippen molar-refractivity contribution in [3.8, 4) is 0 Å². The van der Waals surface area contributed by atoms with Gasteiger partial charge >= 0.3 is 0 Å². The minimum atomic E-state index is -2.83. The normalized spacial score (nSPS) is 36.2. The fourth-order valence-corrected chi connectivity index (χ4v) is 4.95. The molecular weight excluding hydrogens is 262 g/mol. The highest BCUT2D eigenvalue weighted by molar-refractivity contribution is 7.91. The molecule has 2 rings (SSSR count). The van der Waals surface area contributed by atoms with E-state index in [0.717, 1.165) is 13.1 Å². The highest BCUT2D eigenvalue weighted by Gasteiger charge is 2.43. The van der Waals surface area contributed by atoms with Crippen LogP contribution < -0.4 is 5.73 Å². The Balaban J connectivity index is 2.14. The maximum absolute atomic E-state index is 11.7. The van der Waals surface area contributed by atoms with E-state index < -0.39 is 9.84 Å². The van der Waals surface area contributed by atoms with Crippen LogP contribution in [-0.4, -0.2) is 74.0 Å². The number of nitrogens with zero attached hydrogens (tertiary/aromatic N) is 2. The van der Waals surface area contributed by atoms with Crippen molar-refractivity contribution in [2.24, 2.45) is 5.73 Å². The summed E-state index contributed by atoms with van der Waals surface area (Å²) in [6, 6.07) is 0.983. The van der Waals surface area contributed by atoms with Gasteiger partial charge in [-0.25, -0.2) is 8.42 Å². The smallest absolute Gasteiger partial charge is 0.150 e. The summed E-state index contributed by atoms with van der Waals surface area (Å²) in [5.41, 5.74) is 5.93. The zero-order chi connectivity index (χ0) is 14.3. The zero-order valence-corrected chi connectivity index (χ0v) is 13.1. The molecule has 0 aliphatic carbocycles. The van der Waals surface area contributed by atoms with Gasteiger partial charge in [0.25, 0.3) is 0 Å². The first-order valence-electron chi connectivity index (χ1n) is 7.17. The Bertz CT molecular complexity index is 398. The summed E-state index contributed by atoms with van der Waals surface area (Å²) >= 11 is 0. The first kappa shape index (κ1) is 15.2. The van der Waals surface area contributed by atoms with E-state index in [4.69, 9.17) is 5.73 Å². The first-order valence-corrected chi connectivity index (χ1v) is 8.99. The molecule has 2 unspecified atom stereocenters. The van der Waals surface area contributed by atoms with Crippen LogP contribution in [0.4, 0.5) is 0 Å². The fraction of sp³-hybridized carbons (Fsp3) is 1.00. The summed E-state index contributed by atoms with van der Waals surface area (Å²) in [4.78, 5) is 4.84. The van der Waals surface area contributed by atoms with Gasteiger partial charge in [0.05, 0.1) is 11.5 Å². The van der Waals surface area contributed by atoms with E-state index in [-0.39, 0.29) is 5.54 Å². The van der Waals surface area contributed by atoms with Crippen LogP contribution in [0, 0.1) is 0 Å². The Hall–Kier alpha value is -0.170. The molecule has 0 saturated carbocycles. The van der Waals surface area contributed by atoms with E-state index in [1.165, 1.54) is 0 Å². The lowest BCUT2D eigenvalue weighted by molar-refractivity contribution is -0.0143. The average molecular weight is 289 g/mol. The van der Waals surface area contributed by atoms with Gasteiger partial charge in [-0.05, 0) is 33.7 Å². The summed E-state index contributed by atoms with van der Waals surface area (Å²) in [6.45, 7) is 6.99. The van der Waals surface area contributed by atoms with Crippen molar-refractivity contribution >= 4 is 9.84 Å². The highest BCUT2D eigenvalue weighted by atomic mass is 32.2. The number of likely N-dealkylation sites (N-methyl/N-ethyl adjacent to an activating group) is 1. The number of piperazine rings is 1. The van der Waals surface area contributed by atoms with E-state index in [1.54, 1.807) is 0 Å². The third-order valence-corrected chi connectivity index (χ3v) is 6.82. The molecule has 0 aromatic rings. The Morgan fingerprint density at radius 3 is 2.05 bits per heavy atom. The van der Waals surface area contributed by atoms with Crippen LogP contribution in [0.3, 0.4) is 0 Å². The lowest BCUT2D eigenvalue weighted by Gasteiger charge is -2.52. The number of nitrogens with two attached hydrogens (primary N) is 1. The average Bonchev–Trinajstić information content (AvgIpc) is 2.36.